The summed E-state index contributed by atoms with van der Waals surface area (Å²) in [6.45, 7) is 3.23. The van der Waals surface area contributed by atoms with Crippen molar-refractivity contribution in [2.75, 3.05) is 13.1 Å². The van der Waals surface area contributed by atoms with Crippen LogP contribution in [0.5, 0.6) is 0 Å². The first-order valence-corrected chi connectivity index (χ1v) is 15.1. The van der Waals surface area contributed by atoms with Gasteiger partial charge in [0.2, 0.25) is 0 Å². The van der Waals surface area contributed by atoms with Gasteiger partial charge in [-0.3, -0.25) is 4.79 Å². The zero-order chi connectivity index (χ0) is 25.6. The monoisotopic (exact) mass is 527 g/mol. The van der Waals surface area contributed by atoms with E-state index in [0.717, 1.165) is 44.3 Å². The fraction of sp³-hybridized carbons (Fsp3) is 0.630. The number of benzene rings is 1. The Bertz CT molecular complexity index is 1190. The van der Waals surface area contributed by atoms with Crippen molar-refractivity contribution in [3.63, 3.8) is 0 Å². The number of hydrogen-bond donors (Lipinski definition) is 2. The van der Waals surface area contributed by atoms with Gasteiger partial charge in [0.25, 0.3) is 16.1 Å². The van der Waals surface area contributed by atoms with Gasteiger partial charge in [0.1, 0.15) is 5.76 Å². The highest BCUT2D eigenvalue weighted by Crippen LogP contribution is 2.41. The maximum absolute atomic E-state index is 13.7. The van der Waals surface area contributed by atoms with Crippen LogP contribution in [0.1, 0.15) is 92.1 Å². The lowest BCUT2D eigenvalue weighted by Crippen LogP contribution is -2.57. The van der Waals surface area contributed by atoms with Crippen LogP contribution in [0, 0.1) is 0 Å². The number of fused-ring (bicyclic) bond motifs is 2. The van der Waals surface area contributed by atoms with Crippen molar-refractivity contribution in [3.05, 3.63) is 53.4 Å². The topological polar surface area (TPSA) is 108 Å². The molecule has 0 radical (unpaired) electrons. The Morgan fingerprint density at radius 1 is 1.00 bits per heavy atom. The van der Waals surface area contributed by atoms with E-state index >= 15 is 0 Å². The minimum Gasteiger partial charge on any atom is -0.360 e. The molecule has 2 N–H and O–H groups in total. The van der Waals surface area contributed by atoms with Crippen LogP contribution in [0.3, 0.4) is 0 Å². The van der Waals surface area contributed by atoms with Crippen molar-refractivity contribution in [2.45, 2.75) is 94.4 Å². The third kappa shape index (κ3) is 5.21. The van der Waals surface area contributed by atoms with Gasteiger partial charge in [-0.2, -0.15) is 17.0 Å². The van der Waals surface area contributed by atoms with E-state index in [9.17, 15) is 13.2 Å². The Balaban J connectivity index is 1.03. The van der Waals surface area contributed by atoms with E-state index < -0.39 is 10.2 Å². The summed E-state index contributed by atoms with van der Waals surface area (Å²) in [5.41, 5.74) is 1.57. The molecule has 1 saturated carbocycles. The molecule has 4 heterocycles. The molecule has 1 amide bonds. The summed E-state index contributed by atoms with van der Waals surface area (Å²) < 4.78 is 36.2. The van der Waals surface area contributed by atoms with E-state index in [1.807, 2.05) is 18.2 Å². The molecule has 4 atom stereocenters. The number of carbonyl (C=O) groups is 1. The van der Waals surface area contributed by atoms with Gasteiger partial charge in [-0.25, -0.2) is 0 Å². The van der Waals surface area contributed by atoms with Crippen molar-refractivity contribution in [3.8, 4) is 0 Å². The zero-order valence-electron chi connectivity index (χ0n) is 21.4. The van der Waals surface area contributed by atoms with Crippen molar-refractivity contribution in [2.24, 2.45) is 0 Å². The summed E-state index contributed by atoms with van der Waals surface area (Å²) >= 11 is 0. The molecule has 200 valence electrons. The maximum atomic E-state index is 13.7. The van der Waals surface area contributed by atoms with Crippen molar-refractivity contribution in [1.29, 1.82) is 0 Å². The molecule has 2 bridgehead atoms. The number of nitrogens with one attached hydrogen (secondary N) is 2. The van der Waals surface area contributed by atoms with Crippen LogP contribution in [-0.2, 0) is 10.2 Å². The molecule has 1 aromatic heterocycles. The molecule has 1 aromatic carbocycles. The molecule has 10 heteroatoms. The highest BCUT2D eigenvalue weighted by atomic mass is 32.2. The summed E-state index contributed by atoms with van der Waals surface area (Å²) in [6, 6.07) is 12.5. The van der Waals surface area contributed by atoms with Crippen LogP contribution in [0.15, 0.2) is 40.9 Å². The maximum Gasteiger partial charge on any atom is 0.282 e. The Morgan fingerprint density at radius 2 is 1.68 bits per heavy atom. The van der Waals surface area contributed by atoms with Gasteiger partial charge in [0.05, 0.1) is 0 Å². The Labute approximate surface area is 219 Å². The summed E-state index contributed by atoms with van der Waals surface area (Å²) in [6.07, 6.45) is 6.76. The molecule has 0 spiro atoms. The highest BCUT2D eigenvalue weighted by Gasteiger charge is 2.49. The van der Waals surface area contributed by atoms with Gasteiger partial charge in [-0.05, 0) is 63.9 Å². The highest BCUT2D eigenvalue weighted by molar-refractivity contribution is 7.86. The molecule has 0 unspecified atom stereocenters. The average Bonchev–Trinajstić information content (AvgIpc) is 3.55. The quantitative estimate of drug-likeness (QED) is 0.545. The number of amides is 1. The molecule has 3 saturated heterocycles. The predicted molar refractivity (Wildman–Crippen MR) is 139 cm³/mol. The Morgan fingerprint density at radius 3 is 2.32 bits per heavy atom. The van der Waals surface area contributed by atoms with E-state index in [1.165, 1.54) is 5.56 Å². The summed E-state index contributed by atoms with van der Waals surface area (Å²) in [5, 5.41) is 10.7. The van der Waals surface area contributed by atoms with E-state index in [0.29, 0.717) is 43.6 Å². The molecular weight excluding hydrogens is 490 g/mol. The Hall–Kier alpha value is -2.27. The smallest absolute Gasteiger partial charge is 0.282 e. The number of hydrogen-bond acceptors (Lipinski definition) is 6. The van der Waals surface area contributed by atoms with Crippen LogP contribution in [-0.4, -0.2) is 65.3 Å². The zero-order valence-corrected chi connectivity index (χ0v) is 22.2. The fourth-order valence-electron chi connectivity index (χ4n) is 6.42. The summed E-state index contributed by atoms with van der Waals surface area (Å²) in [7, 11) is -3.53. The molecule has 4 fully saturated rings. The number of nitrogens with zero attached hydrogens (tertiary/aromatic N) is 3. The van der Waals surface area contributed by atoms with Gasteiger partial charge in [0, 0.05) is 55.3 Å². The van der Waals surface area contributed by atoms with E-state index in [1.54, 1.807) is 14.7 Å². The van der Waals surface area contributed by atoms with Crippen LogP contribution >= 0.6 is 0 Å². The SMILES string of the molecule is C[C@H](NC1CCN(S(=O)(=O)N2[C@@H]3CC[C@H]2C[C@@H](NC(=O)c2cc(C4CC4)on2)C3)CC1)c1ccccc1. The van der Waals surface area contributed by atoms with Crippen LogP contribution in [0.25, 0.3) is 0 Å². The van der Waals surface area contributed by atoms with E-state index in [4.69, 9.17) is 4.52 Å². The number of rotatable bonds is 8. The summed E-state index contributed by atoms with van der Waals surface area (Å²) in [4.78, 5) is 12.7. The first-order chi connectivity index (χ1) is 17.9. The van der Waals surface area contributed by atoms with E-state index in [2.05, 4.69) is 34.8 Å². The van der Waals surface area contributed by atoms with Gasteiger partial charge >= 0.3 is 0 Å². The number of carbonyl (C=O) groups excluding carboxylic acids is 1. The Kier molecular flexibility index (Phi) is 6.85. The standard InChI is InChI=1S/C27H37N5O4S/c1-18(19-5-3-2-4-6-19)28-21-11-13-31(14-12-21)37(34,35)32-23-9-10-24(32)16-22(15-23)29-27(33)25-17-26(36-30-25)20-7-8-20/h2-6,17-18,20-24,28H,7-16H2,1H3,(H,29,33)/t18-,22-,23+,24-/m0/s1. The lowest BCUT2D eigenvalue weighted by molar-refractivity contribution is 0.0897. The van der Waals surface area contributed by atoms with Gasteiger partial charge in [-0.1, -0.05) is 35.5 Å². The third-order valence-electron chi connectivity index (χ3n) is 8.57. The second kappa shape index (κ2) is 10.1. The first-order valence-electron chi connectivity index (χ1n) is 13.8. The molecule has 2 aromatic rings. The van der Waals surface area contributed by atoms with Crippen LogP contribution < -0.4 is 10.6 Å². The van der Waals surface area contributed by atoms with Crippen molar-refractivity contribution in [1.82, 2.24) is 24.4 Å². The first kappa shape index (κ1) is 25.0. The van der Waals surface area contributed by atoms with Crippen LogP contribution in [0.2, 0.25) is 0 Å². The van der Waals surface area contributed by atoms with E-state index in [-0.39, 0.29) is 30.1 Å². The van der Waals surface area contributed by atoms with Crippen molar-refractivity contribution < 1.29 is 17.7 Å². The molecule has 6 rings (SSSR count). The average molecular weight is 528 g/mol. The fourth-order valence-corrected chi connectivity index (χ4v) is 8.50. The largest absolute Gasteiger partial charge is 0.360 e. The van der Waals surface area contributed by atoms with Gasteiger partial charge in [-0.15, -0.1) is 0 Å². The molecule has 4 aliphatic rings. The third-order valence-corrected chi connectivity index (χ3v) is 10.7. The lowest BCUT2D eigenvalue weighted by atomic mass is 9.99. The summed E-state index contributed by atoms with van der Waals surface area (Å²) in [5.74, 6) is 0.974. The van der Waals surface area contributed by atoms with Crippen LogP contribution in [0.4, 0.5) is 0 Å². The van der Waals surface area contributed by atoms with Gasteiger partial charge in [0.15, 0.2) is 5.69 Å². The number of aromatic nitrogens is 1. The molecule has 9 nitrogen and oxygen atoms in total. The predicted octanol–water partition coefficient (Wildman–Crippen LogP) is 3.34. The normalized spacial score (nSPS) is 28.3. The van der Waals surface area contributed by atoms with Gasteiger partial charge < -0.3 is 15.2 Å². The second-order valence-electron chi connectivity index (χ2n) is 11.2. The van der Waals surface area contributed by atoms with Crippen molar-refractivity contribution >= 4 is 16.1 Å². The minimum absolute atomic E-state index is 0.0491. The second-order valence-corrected chi connectivity index (χ2v) is 13.1. The molecule has 1 aliphatic carbocycles. The minimum atomic E-state index is -3.53. The molecular formula is C27H37N5O4S. The molecule has 3 aliphatic heterocycles. The number of piperidine rings is 2. The molecule has 37 heavy (non-hydrogen) atoms. The lowest BCUT2D eigenvalue weighted by Gasteiger charge is -2.42.